The lowest BCUT2D eigenvalue weighted by atomic mass is 9.85. The van der Waals surface area contributed by atoms with E-state index < -0.39 is 12.0 Å². The number of hydrogen-bond donors (Lipinski definition) is 3. The van der Waals surface area contributed by atoms with Crippen molar-refractivity contribution in [2.24, 2.45) is 5.73 Å². The summed E-state index contributed by atoms with van der Waals surface area (Å²) in [6.07, 6.45) is -1.17. The van der Waals surface area contributed by atoms with Crippen molar-refractivity contribution in [2.75, 3.05) is 11.9 Å². The van der Waals surface area contributed by atoms with E-state index in [2.05, 4.69) is 38.2 Å². The van der Waals surface area contributed by atoms with E-state index in [4.69, 9.17) is 5.73 Å². The number of anilines is 1. The second-order valence-corrected chi connectivity index (χ2v) is 5.98. The van der Waals surface area contributed by atoms with Crippen LogP contribution in [0.15, 0.2) is 12.1 Å². The molecular formula is C15H24N2O2. The number of carbonyl (C=O) groups excluding carboxylic acids is 1. The average molecular weight is 264 g/mol. The molecule has 0 radical (unpaired) electrons. The molecule has 0 fully saturated rings. The average Bonchev–Trinajstić information content (AvgIpc) is 2.30. The summed E-state index contributed by atoms with van der Waals surface area (Å²) in [4.78, 5) is 11.7. The number of aryl methyl sites for hydroxylation is 2. The van der Waals surface area contributed by atoms with E-state index in [0.29, 0.717) is 0 Å². The molecule has 0 aliphatic heterocycles. The molecule has 0 spiro atoms. The molecular weight excluding hydrogens is 240 g/mol. The second-order valence-electron chi connectivity index (χ2n) is 5.98. The van der Waals surface area contributed by atoms with Gasteiger partial charge in [-0.3, -0.25) is 4.79 Å². The van der Waals surface area contributed by atoms with Gasteiger partial charge in [0.1, 0.15) is 6.10 Å². The Kier molecular flexibility index (Phi) is 4.71. The van der Waals surface area contributed by atoms with E-state index in [-0.39, 0.29) is 12.0 Å². The molecule has 0 saturated heterocycles. The van der Waals surface area contributed by atoms with Crippen molar-refractivity contribution in [1.82, 2.24) is 0 Å². The van der Waals surface area contributed by atoms with Gasteiger partial charge in [0, 0.05) is 12.2 Å². The van der Waals surface area contributed by atoms with Gasteiger partial charge in [-0.05, 0) is 36.0 Å². The third kappa shape index (κ3) is 3.78. The van der Waals surface area contributed by atoms with E-state index in [9.17, 15) is 9.90 Å². The zero-order chi connectivity index (χ0) is 14.8. The first-order valence-corrected chi connectivity index (χ1v) is 6.47. The quantitative estimate of drug-likeness (QED) is 0.780. The highest BCUT2D eigenvalue weighted by Crippen LogP contribution is 2.29. The third-order valence-corrected chi connectivity index (χ3v) is 3.17. The molecule has 4 N–H and O–H groups in total. The van der Waals surface area contributed by atoms with Crippen LogP contribution in [0.3, 0.4) is 0 Å². The van der Waals surface area contributed by atoms with Crippen molar-refractivity contribution in [2.45, 2.75) is 46.1 Å². The van der Waals surface area contributed by atoms with Gasteiger partial charge >= 0.3 is 0 Å². The van der Waals surface area contributed by atoms with Crippen LogP contribution in [0.5, 0.6) is 0 Å². The van der Waals surface area contributed by atoms with Crippen LogP contribution in [0, 0.1) is 13.8 Å². The number of nitrogens with one attached hydrogen (secondary N) is 1. The predicted octanol–water partition coefficient (Wildman–Crippen LogP) is 1.86. The standard InChI is InChI=1S/C15H24N2O2/c1-9-6-11(15(3,4)5)7-10(2)13(9)17-14(19)12(18)8-16/h6-7,12,18H,8,16H2,1-5H3,(H,17,19). The second kappa shape index (κ2) is 5.72. The third-order valence-electron chi connectivity index (χ3n) is 3.17. The molecule has 1 amide bonds. The molecule has 0 heterocycles. The fourth-order valence-electron chi connectivity index (χ4n) is 1.91. The van der Waals surface area contributed by atoms with Gasteiger partial charge in [-0.2, -0.15) is 0 Å². The molecule has 1 aromatic rings. The Bertz CT molecular complexity index is 453. The summed E-state index contributed by atoms with van der Waals surface area (Å²) in [7, 11) is 0. The molecule has 0 aliphatic rings. The van der Waals surface area contributed by atoms with E-state index in [1.54, 1.807) is 0 Å². The van der Waals surface area contributed by atoms with Crippen molar-refractivity contribution in [1.29, 1.82) is 0 Å². The molecule has 106 valence electrons. The first-order chi connectivity index (χ1) is 8.66. The fourth-order valence-corrected chi connectivity index (χ4v) is 1.91. The largest absolute Gasteiger partial charge is 0.382 e. The monoisotopic (exact) mass is 264 g/mol. The van der Waals surface area contributed by atoms with Crippen molar-refractivity contribution in [3.8, 4) is 0 Å². The van der Waals surface area contributed by atoms with Crippen molar-refractivity contribution in [3.05, 3.63) is 28.8 Å². The van der Waals surface area contributed by atoms with Gasteiger partial charge in [-0.25, -0.2) is 0 Å². The Morgan fingerprint density at radius 1 is 1.32 bits per heavy atom. The number of aliphatic hydroxyl groups is 1. The highest BCUT2D eigenvalue weighted by Gasteiger charge is 2.19. The van der Waals surface area contributed by atoms with E-state index in [1.807, 2.05) is 13.8 Å². The predicted molar refractivity (Wildman–Crippen MR) is 78.3 cm³/mol. The van der Waals surface area contributed by atoms with Crippen molar-refractivity contribution < 1.29 is 9.90 Å². The SMILES string of the molecule is Cc1cc(C(C)(C)C)cc(C)c1NC(=O)C(O)CN. The molecule has 19 heavy (non-hydrogen) atoms. The summed E-state index contributed by atoms with van der Waals surface area (Å²) in [6, 6.07) is 4.13. The molecule has 1 unspecified atom stereocenters. The van der Waals surface area contributed by atoms with Crippen LogP contribution in [0.4, 0.5) is 5.69 Å². The number of benzene rings is 1. The van der Waals surface area contributed by atoms with E-state index >= 15 is 0 Å². The Morgan fingerprint density at radius 2 is 1.79 bits per heavy atom. The maximum Gasteiger partial charge on any atom is 0.254 e. The summed E-state index contributed by atoms with van der Waals surface area (Å²) in [5, 5.41) is 12.2. The maximum atomic E-state index is 11.7. The molecule has 1 aromatic carbocycles. The highest BCUT2D eigenvalue weighted by atomic mass is 16.3. The van der Waals surface area contributed by atoms with Gasteiger partial charge in [-0.1, -0.05) is 32.9 Å². The first kappa shape index (κ1) is 15.7. The zero-order valence-electron chi connectivity index (χ0n) is 12.4. The molecule has 1 atom stereocenters. The van der Waals surface area contributed by atoms with Crippen LogP contribution in [0.2, 0.25) is 0 Å². The summed E-state index contributed by atoms with van der Waals surface area (Å²) in [6.45, 7) is 10.3. The van der Waals surface area contributed by atoms with Crippen LogP contribution in [0.25, 0.3) is 0 Å². The Labute approximate surface area is 115 Å². The summed E-state index contributed by atoms with van der Waals surface area (Å²) in [5.74, 6) is -0.461. The summed E-state index contributed by atoms with van der Waals surface area (Å²) < 4.78 is 0. The molecule has 0 aromatic heterocycles. The van der Waals surface area contributed by atoms with E-state index in [0.717, 1.165) is 16.8 Å². The normalized spacial score (nSPS) is 13.2. The minimum Gasteiger partial charge on any atom is -0.382 e. The molecule has 0 aliphatic carbocycles. The van der Waals surface area contributed by atoms with Gasteiger partial charge in [-0.15, -0.1) is 0 Å². The molecule has 4 nitrogen and oxygen atoms in total. The first-order valence-electron chi connectivity index (χ1n) is 6.47. The molecule has 1 rings (SSSR count). The maximum absolute atomic E-state index is 11.7. The van der Waals surface area contributed by atoms with Crippen LogP contribution in [-0.2, 0) is 10.2 Å². The van der Waals surface area contributed by atoms with Gasteiger partial charge in [0.15, 0.2) is 0 Å². The van der Waals surface area contributed by atoms with Crippen molar-refractivity contribution in [3.63, 3.8) is 0 Å². The van der Waals surface area contributed by atoms with Crippen LogP contribution < -0.4 is 11.1 Å². The molecule has 4 heteroatoms. The number of aliphatic hydroxyl groups excluding tert-OH is 1. The number of amides is 1. The lowest BCUT2D eigenvalue weighted by molar-refractivity contribution is -0.123. The van der Waals surface area contributed by atoms with Gasteiger partial charge in [0.05, 0.1) is 0 Å². The van der Waals surface area contributed by atoms with Crippen LogP contribution >= 0.6 is 0 Å². The van der Waals surface area contributed by atoms with Gasteiger partial charge in [0.2, 0.25) is 0 Å². The lowest BCUT2D eigenvalue weighted by Crippen LogP contribution is -2.34. The van der Waals surface area contributed by atoms with Gasteiger partial charge < -0.3 is 16.2 Å². The molecule has 0 bridgehead atoms. The lowest BCUT2D eigenvalue weighted by Gasteiger charge is -2.23. The number of carbonyl (C=O) groups is 1. The highest BCUT2D eigenvalue weighted by molar-refractivity contribution is 5.95. The Balaban J connectivity index is 3.08. The Morgan fingerprint density at radius 3 is 2.16 bits per heavy atom. The number of hydrogen-bond acceptors (Lipinski definition) is 3. The van der Waals surface area contributed by atoms with Crippen LogP contribution in [-0.4, -0.2) is 23.7 Å². The smallest absolute Gasteiger partial charge is 0.254 e. The molecule has 0 saturated carbocycles. The van der Waals surface area contributed by atoms with E-state index in [1.165, 1.54) is 5.56 Å². The number of rotatable bonds is 3. The minimum absolute atomic E-state index is 0.0643. The van der Waals surface area contributed by atoms with Crippen LogP contribution in [0.1, 0.15) is 37.5 Å². The van der Waals surface area contributed by atoms with Crippen molar-refractivity contribution >= 4 is 11.6 Å². The minimum atomic E-state index is -1.17. The summed E-state index contributed by atoms with van der Waals surface area (Å²) >= 11 is 0. The number of nitrogens with two attached hydrogens (primary N) is 1. The van der Waals surface area contributed by atoms with Gasteiger partial charge in [0.25, 0.3) is 5.91 Å². The topological polar surface area (TPSA) is 75.3 Å². The fraction of sp³-hybridized carbons (Fsp3) is 0.533. The zero-order valence-corrected chi connectivity index (χ0v) is 12.4. The Hall–Kier alpha value is -1.39. The summed E-state index contributed by atoms with van der Waals surface area (Å²) in [5.41, 5.74) is 9.29.